The van der Waals surface area contributed by atoms with E-state index in [1.54, 1.807) is 6.07 Å². The molecule has 1 atom stereocenters. The number of hydrogen-bond donors (Lipinski definition) is 3. The minimum Gasteiger partial charge on any atom is -0.345 e. The van der Waals surface area contributed by atoms with Gasteiger partial charge >= 0.3 is 0 Å². The second-order valence-corrected chi connectivity index (χ2v) is 6.95. The van der Waals surface area contributed by atoms with Crippen LogP contribution >= 0.6 is 35.2 Å². The predicted molar refractivity (Wildman–Crippen MR) is 88.7 cm³/mol. The van der Waals surface area contributed by atoms with Gasteiger partial charge in [-0.25, -0.2) is 4.39 Å². The first-order valence-corrected chi connectivity index (χ1v) is 8.02. The number of carbonyl (C=O) groups excluding carboxylic acids is 1. The minimum atomic E-state index is -0.505. The largest absolute Gasteiger partial charge is 0.345 e. The van der Waals surface area contributed by atoms with Crippen LogP contribution in [-0.2, 0) is 0 Å². The number of fused-ring (bicyclic) bond motifs is 1. The number of amides is 1. The van der Waals surface area contributed by atoms with Crippen molar-refractivity contribution in [3.63, 3.8) is 0 Å². The Kier molecular flexibility index (Phi) is 4.03. The van der Waals surface area contributed by atoms with Crippen LogP contribution in [0.1, 0.15) is 28.2 Å². The second-order valence-electron chi connectivity index (χ2n) is 4.79. The lowest BCUT2D eigenvalue weighted by Gasteiger charge is -2.12. The standard InChI is InChI=1S/C14H11ClFN3OS2/c1-6(10-2-3-11(15)22-10)17-13(20)8-4-7(16)5-9-12(8)19-14(21)18-9/h2-6H,1H3,(H,17,20)(H2,18,19,21). The van der Waals surface area contributed by atoms with E-state index in [0.717, 1.165) is 4.88 Å². The Morgan fingerprint density at radius 1 is 1.41 bits per heavy atom. The number of halogens is 2. The van der Waals surface area contributed by atoms with Crippen LogP contribution in [0.25, 0.3) is 11.0 Å². The van der Waals surface area contributed by atoms with Crippen molar-refractivity contribution in [2.75, 3.05) is 0 Å². The third-order valence-electron chi connectivity index (χ3n) is 3.20. The van der Waals surface area contributed by atoms with Gasteiger partial charge in [-0.1, -0.05) is 11.6 Å². The molecule has 0 saturated heterocycles. The maximum absolute atomic E-state index is 13.7. The fourth-order valence-electron chi connectivity index (χ4n) is 2.19. The molecule has 22 heavy (non-hydrogen) atoms. The molecule has 0 fully saturated rings. The summed E-state index contributed by atoms with van der Waals surface area (Å²) in [5.74, 6) is -0.888. The highest BCUT2D eigenvalue weighted by atomic mass is 35.5. The molecule has 0 aliphatic heterocycles. The van der Waals surface area contributed by atoms with Gasteiger partial charge in [0.2, 0.25) is 0 Å². The predicted octanol–water partition coefficient (Wildman–Crippen LogP) is 4.57. The van der Waals surface area contributed by atoms with Crippen LogP contribution in [0.3, 0.4) is 0 Å². The van der Waals surface area contributed by atoms with E-state index in [1.807, 2.05) is 13.0 Å². The fourth-order valence-corrected chi connectivity index (χ4v) is 3.47. The summed E-state index contributed by atoms with van der Waals surface area (Å²) in [6.07, 6.45) is 0. The first-order chi connectivity index (χ1) is 10.4. The van der Waals surface area contributed by atoms with Crippen molar-refractivity contribution in [3.8, 4) is 0 Å². The zero-order chi connectivity index (χ0) is 15.9. The molecule has 4 nitrogen and oxygen atoms in total. The van der Waals surface area contributed by atoms with Crippen LogP contribution in [0.15, 0.2) is 24.3 Å². The van der Waals surface area contributed by atoms with Crippen molar-refractivity contribution in [1.82, 2.24) is 15.3 Å². The molecule has 1 unspecified atom stereocenters. The molecule has 2 aromatic heterocycles. The third kappa shape index (κ3) is 2.92. The molecule has 0 bridgehead atoms. The lowest BCUT2D eigenvalue weighted by Crippen LogP contribution is -2.26. The second kappa shape index (κ2) is 5.83. The van der Waals surface area contributed by atoms with Gasteiger partial charge < -0.3 is 15.3 Å². The van der Waals surface area contributed by atoms with Gasteiger partial charge in [0, 0.05) is 4.88 Å². The number of benzene rings is 1. The summed E-state index contributed by atoms with van der Waals surface area (Å²) < 4.78 is 14.7. The number of nitrogens with one attached hydrogen (secondary N) is 3. The summed E-state index contributed by atoms with van der Waals surface area (Å²) in [5, 5.41) is 2.83. The summed E-state index contributed by atoms with van der Waals surface area (Å²) in [5.41, 5.74) is 1.15. The molecule has 3 N–H and O–H groups in total. The summed E-state index contributed by atoms with van der Waals surface area (Å²) >= 11 is 12.3. The normalized spacial score (nSPS) is 12.5. The fraction of sp³-hybridized carbons (Fsp3) is 0.143. The van der Waals surface area contributed by atoms with Crippen molar-refractivity contribution in [1.29, 1.82) is 0 Å². The summed E-state index contributed by atoms with van der Waals surface area (Å²) in [6, 6.07) is 5.87. The van der Waals surface area contributed by atoms with E-state index in [9.17, 15) is 9.18 Å². The van der Waals surface area contributed by atoms with Gasteiger partial charge in [0.25, 0.3) is 5.91 Å². The van der Waals surface area contributed by atoms with E-state index >= 15 is 0 Å². The molecule has 1 amide bonds. The van der Waals surface area contributed by atoms with Crippen molar-refractivity contribution in [3.05, 3.63) is 49.6 Å². The van der Waals surface area contributed by atoms with Gasteiger partial charge in [0.15, 0.2) is 4.77 Å². The number of rotatable bonds is 3. The van der Waals surface area contributed by atoms with Gasteiger partial charge in [0.1, 0.15) is 5.82 Å². The quantitative estimate of drug-likeness (QED) is 0.603. The number of aromatic nitrogens is 2. The highest BCUT2D eigenvalue weighted by Crippen LogP contribution is 2.27. The first kappa shape index (κ1) is 15.2. The molecule has 0 radical (unpaired) electrons. The molecule has 8 heteroatoms. The highest BCUT2D eigenvalue weighted by molar-refractivity contribution is 7.71. The number of H-pyrrole nitrogens is 2. The maximum atomic E-state index is 13.7. The summed E-state index contributed by atoms with van der Waals surface area (Å²) in [6.45, 7) is 1.84. The molecule has 3 aromatic rings. The zero-order valence-electron chi connectivity index (χ0n) is 11.4. The van der Waals surface area contributed by atoms with Crippen molar-refractivity contribution in [2.45, 2.75) is 13.0 Å². The van der Waals surface area contributed by atoms with Crippen LogP contribution in [0.4, 0.5) is 4.39 Å². The highest BCUT2D eigenvalue weighted by Gasteiger charge is 2.17. The van der Waals surface area contributed by atoms with E-state index in [4.69, 9.17) is 23.8 Å². The van der Waals surface area contributed by atoms with Crippen molar-refractivity contribution in [2.24, 2.45) is 0 Å². The van der Waals surface area contributed by atoms with E-state index in [0.29, 0.717) is 20.1 Å². The van der Waals surface area contributed by atoms with Crippen LogP contribution in [0.2, 0.25) is 4.34 Å². The maximum Gasteiger partial charge on any atom is 0.254 e. The Labute approximate surface area is 139 Å². The Balaban J connectivity index is 1.93. The lowest BCUT2D eigenvalue weighted by molar-refractivity contribution is 0.0941. The van der Waals surface area contributed by atoms with Crippen LogP contribution in [0, 0.1) is 10.6 Å². The molecule has 2 heterocycles. The number of thiophene rings is 1. The number of aromatic amines is 2. The summed E-state index contributed by atoms with van der Waals surface area (Å²) in [7, 11) is 0. The Bertz CT molecular complexity index is 914. The lowest BCUT2D eigenvalue weighted by atomic mass is 10.1. The van der Waals surface area contributed by atoms with Gasteiger partial charge in [-0.15, -0.1) is 11.3 Å². The average Bonchev–Trinajstić information content (AvgIpc) is 3.02. The van der Waals surface area contributed by atoms with Crippen LogP contribution in [-0.4, -0.2) is 15.9 Å². The first-order valence-electron chi connectivity index (χ1n) is 6.41. The molecular formula is C14H11ClFN3OS2. The Hall–Kier alpha value is -1.70. The SMILES string of the molecule is CC(NC(=O)c1cc(F)cc2[nH]c(=S)[nH]c12)c1ccc(Cl)s1. The van der Waals surface area contributed by atoms with Crippen LogP contribution in [0.5, 0.6) is 0 Å². The van der Waals surface area contributed by atoms with E-state index in [-0.39, 0.29) is 17.5 Å². The molecular weight excluding hydrogens is 345 g/mol. The smallest absolute Gasteiger partial charge is 0.254 e. The van der Waals surface area contributed by atoms with Gasteiger partial charge in [-0.3, -0.25) is 4.79 Å². The zero-order valence-corrected chi connectivity index (χ0v) is 13.8. The molecule has 0 aliphatic rings. The third-order valence-corrected chi connectivity index (χ3v) is 4.82. The molecule has 0 aliphatic carbocycles. The molecule has 114 valence electrons. The molecule has 0 spiro atoms. The number of carbonyl (C=O) groups is 1. The van der Waals surface area contributed by atoms with E-state index < -0.39 is 5.82 Å². The minimum absolute atomic E-state index is 0.205. The number of imidazole rings is 1. The molecule has 3 rings (SSSR count). The Morgan fingerprint density at radius 3 is 2.86 bits per heavy atom. The molecule has 0 saturated carbocycles. The van der Waals surface area contributed by atoms with Gasteiger partial charge in [0.05, 0.1) is 27.0 Å². The van der Waals surface area contributed by atoms with Crippen molar-refractivity contribution >= 4 is 52.1 Å². The molecule has 1 aromatic carbocycles. The van der Waals surface area contributed by atoms with E-state index in [1.165, 1.54) is 23.5 Å². The Morgan fingerprint density at radius 2 is 2.18 bits per heavy atom. The average molecular weight is 356 g/mol. The summed E-state index contributed by atoms with van der Waals surface area (Å²) in [4.78, 5) is 19.0. The van der Waals surface area contributed by atoms with Crippen LogP contribution < -0.4 is 5.32 Å². The van der Waals surface area contributed by atoms with E-state index in [2.05, 4.69) is 15.3 Å². The van der Waals surface area contributed by atoms with Crippen molar-refractivity contribution < 1.29 is 9.18 Å². The topological polar surface area (TPSA) is 60.7 Å². The van der Waals surface area contributed by atoms with Gasteiger partial charge in [-0.2, -0.15) is 0 Å². The monoisotopic (exact) mass is 355 g/mol. The van der Waals surface area contributed by atoms with Gasteiger partial charge in [-0.05, 0) is 43.4 Å². The number of hydrogen-bond acceptors (Lipinski definition) is 3.